The molecule has 0 fully saturated rings. The van der Waals surface area contributed by atoms with E-state index in [0.717, 1.165) is 11.5 Å². The Kier molecular flexibility index (Phi) is 3.07. The topological polar surface area (TPSA) is 15.6 Å². The Balaban J connectivity index is 2.85. The number of hydrogen-bond donors (Lipinski definition) is 0. The number of hydrogen-bond acceptors (Lipinski definition) is 1. The normalized spacial score (nSPS) is 11.5. The van der Waals surface area contributed by atoms with Crippen LogP contribution in [0.3, 0.4) is 0 Å². The summed E-state index contributed by atoms with van der Waals surface area (Å²) in [4.78, 5) is 6.44. The van der Waals surface area contributed by atoms with E-state index in [9.17, 15) is 0 Å². The van der Waals surface area contributed by atoms with Gasteiger partial charge < -0.3 is 4.90 Å². The van der Waals surface area contributed by atoms with Crippen LogP contribution in [-0.4, -0.2) is 24.8 Å². The number of rotatable bonds is 1. The van der Waals surface area contributed by atoms with E-state index in [1.807, 2.05) is 38.1 Å². The van der Waals surface area contributed by atoms with E-state index in [-0.39, 0.29) is 0 Å². The number of amidine groups is 1. The van der Waals surface area contributed by atoms with Crippen LogP contribution in [0.25, 0.3) is 0 Å². The molecule has 1 rings (SSSR count). The molecule has 0 aliphatic heterocycles. The first-order valence-electron chi connectivity index (χ1n) is 4.39. The monoisotopic (exact) mass is 176 g/mol. The predicted octanol–water partition coefficient (Wildman–Crippen LogP) is 2.61. The van der Waals surface area contributed by atoms with Gasteiger partial charge in [-0.05, 0) is 26.0 Å². The summed E-state index contributed by atoms with van der Waals surface area (Å²) in [6, 6.07) is 8.20. The fraction of sp³-hybridized carbons (Fsp3) is 0.364. The quantitative estimate of drug-likeness (QED) is 0.474. The minimum absolute atomic E-state index is 1.01. The first-order valence-corrected chi connectivity index (χ1v) is 4.39. The molecule has 70 valence electrons. The second-order valence-electron chi connectivity index (χ2n) is 3.39. The van der Waals surface area contributed by atoms with Gasteiger partial charge in [-0.3, -0.25) is 0 Å². The third-order valence-electron chi connectivity index (χ3n) is 1.97. The SMILES string of the molecule is C/C(=N\c1ccc(C)cc1)N(C)C. The number of aryl methyl sites for hydroxylation is 1. The van der Waals surface area contributed by atoms with Crippen LogP contribution in [0.5, 0.6) is 0 Å². The standard InChI is InChI=1S/C11H16N2/c1-9-5-7-11(8-6-9)12-10(2)13(3)4/h5-8H,1-4H3/b12-10+. The Morgan fingerprint density at radius 2 is 1.69 bits per heavy atom. The molecule has 0 N–H and O–H groups in total. The summed E-state index contributed by atoms with van der Waals surface area (Å²) >= 11 is 0. The summed E-state index contributed by atoms with van der Waals surface area (Å²) in [5.74, 6) is 1.02. The summed E-state index contributed by atoms with van der Waals surface area (Å²) in [6.07, 6.45) is 0. The van der Waals surface area contributed by atoms with Crippen LogP contribution in [-0.2, 0) is 0 Å². The van der Waals surface area contributed by atoms with Gasteiger partial charge in [-0.2, -0.15) is 0 Å². The minimum Gasteiger partial charge on any atom is -0.366 e. The van der Waals surface area contributed by atoms with Gasteiger partial charge in [0.15, 0.2) is 0 Å². The molecule has 0 unspecified atom stereocenters. The van der Waals surface area contributed by atoms with Crippen molar-refractivity contribution in [3.8, 4) is 0 Å². The van der Waals surface area contributed by atoms with Crippen LogP contribution in [0.15, 0.2) is 29.3 Å². The molecule has 1 aromatic rings. The van der Waals surface area contributed by atoms with E-state index in [0.29, 0.717) is 0 Å². The van der Waals surface area contributed by atoms with Gasteiger partial charge in [0.2, 0.25) is 0 Å². The van der Waals surface area contributed by atoms with Crippen LogP contribution >= 0.6 is 0 Å². The lowest BCUT2D eigenvalue weighted by Gasteiger charge is -2.10. The Morgan fingerprint density at radius 3 is 2.15 bits per heavy atom. The largest absolute Gasteiger partial charge is 0.366 e. The molecule has 0 amide bonds. The lowest BCUT2D eigenvalue weighted by atomic mass is 10.2. The van der Waals surface area contributed by atoms with Gasteiger partial charge in [-0.15, -0.1) is 0 Å². The second kappa shape index (κ2) is 4.08. The molecule has 0 atom stereocenters. The number of aliphatic imine (C=N–C) groups is 1. The second-order valence-corrected chi connectivity index (χ2v) is 3.39. The van der Waals surface area contributed by atoms with Crippen LogP contribution in [0.2, 0.25) is 0 Å². The Hall–Kier alpha value is -1.31. The maximum absolute atomic E-state index is 4.44. The van der Waals surface area contributed by atoms with E-state index < -0.39 is 0 Å². The fourth-order valence-corrected chi connectivity index (χ4v) is 0.906. The van der Waals surface area contributed by atoms with Crippen LogP contribution < -0.4 is 0 Å². The zero-order valence-electron chi connectivity index (χ0n) is 8.70. The number of benzene rings is 1. The average Bonchev–Trinajstić information content (AvgIpc) is 2.08. The zero-order chi connectivity index (χ0) is 9.84. The summed E-state index contributed by atoms with van der Waals surface area (Å²) in [7, 11) is 3.99. The lowest BCUT2D eigenvalue weighted by molar-refractivity contribution is 0.619. The van der Waals surface area contributed by atoms with Crippen LogP contribution in [0.1, 0.15) is 12.5 Å². The van der Waals surface area contributed by atoms with E-state index in [2.05, 4.69) is 24.0 Å². The molecule has 0 radical (unpaired) electrons. The van der Waals surface area contributed by atoms with Gasteiger partial charge in [0.25, 0.3) is 0 Å². The van der Waals surface area contributed by atoms with E-state index in [1.165, 1.54) is 5.56 Å². The summed E-state index contributed by atoms with van der Waals surface area (Å²) < 4.78 is 0. The third kappa shape index (κ3) is 2.90. The Morgan fingerprint density at radius 1 is 1.15 bits per heavy atom. The van der Waals surface area contributed by atoms with Gasteiger partial charge in [0.05, 0.1) is 5.69 Å². The zero-order valence-corrected chi connectivity index (χ0v) is 8.70. The lowest BCUT2D eigenvalue weighted by Crippen LogP contribution is -2.17. The number of nitrogens with zero attached hydrogens (tertiary/aromatic N) is 2. The molecular formula is C11H16N2. The van der Waals surface area contributed by atoms with Crippen molar-refractivity contribution in [3.05, 3.63) is 29.8 Å². The predicted molar refractivity (Wildman–Crippen MR) is 57.6 cm³/mol. The fourth-order valence-electron chi connectivity index (χ4n) is 0.906. The highest BCUT2D eigenvalue weighted by Gasteiger charge is 1.93. The molecule has 2 heteroatoms. The van der Waals surface area contributed by atoms with Crippen molar-refractivity contribution in [3.63, 3.8) is 0 Å². The smallest absolute Gasteiger partial charge is 0.101 e. The summed E-state index contributed by atoms with van der Waals surface area (Å²) in [6.45, 7) is 4.08. The maximum Gasteiger partial charge on any atom is 0.101 e. The van der Waals surface area contributed by atoms with Crippen molar-refractivity contribution in [2.24, 2.45) is 4.99 Å². The molecule has 1 aromatic carbocycles. The van der Waals surface area contributed by atoms with Gasteiger partial charge >= 0.3 is 0 Å². The molecule has 0 aliphatic rings. The molecule has 0 aliphatic carbocycles. The van der Waals surface area contributed by atoms with E-state index in [4.69, 9.17) is 0 Å². The molecule has 2 nitrogen and oxygen atoms in total. The summed E-state index contributed by atoms with van der Waals surface area (Å²) in [5, 5.41) is 0. The molecule has 13 heavy (non-hydrogen) atoms. The first-order chi connectivity index (χ1) is 6.09. The molecule has 0 saturated heterocycles. The van der Waals surface area contributed by atoms with Crippen molar-refractivity contribution in [1.82, 2.24) is 4.90 Å². The van der Waals surface area contributed by atoms with E-state index in [1.54, 1.807) is 0 Å². The Bertz CT molecular complexity index is 296. The van der Waals surface area contributed by atoms with Crippen molar-refractivity contribution >= 4 is 11.5 Å². The molecule has 0 heterocycles. The molecule has 0 bridgehead atoms. The Labute approximate surface area is 79.9 Å². The molecule has 0 saturated carbocycles. The van der Waals surface area contributed by atoms with Gasteiger partial charge in [-0.1, -0.05) is 17.7 Å². The maximum atomic E-state index is 4.44. The summed E-state index contributed by atoms with van der Waals surface area (Å²) in [5.41, 5.74) is 2.28. The molecular weight excluding hydrogens is 160 g/mol. The van der Waals surface area contributed by atoms with Gasteiger partial charge in [0.1, 0.15) is 5.84 Å². The highest BCUT2D eigenvalue weighted by atomic mass is 15.1. The highest BCUT2D eigenvalue weighted by molar-refractivity contribution is 5.81. The van der Waals surface area contributed by atoms with Crippen molar-refractivity contribution in [2.75, 3.05) is 14.1 Å². The van der Waals surface area contributed by atoms with Crippen molar-refractivity contribution in [2.45, 2.75) is 13.8 Å². The van der Waals surface area contributed by atoms with Crippen molar-refractivity contribution < 1.29 is 0 Å². The van der Waals surface area contributed by atoms with E-state index >= 15 is 0 Å². The molecule has 0 spiro atoms. The first kappa shape index (κ1) is 9.78. The highest BCUT2D eigenvalue weighted by Crippen LogP contribution is 2.12. The average molecular weight is 176 g/mol. The van der Waals surface area contributed by atoms with Gasteiger partial charge in [0, 0.05) is 14.1 Å². The van der Waals surface area contributed by atoms with Crippen LogP contribution in [0.4, 0.5) is 5.69 Å². The third-order valence-corrected chi connectivity index (χ3v) is 1.97. The van der Waals surface area contributed by atoms with Gasteiger partial charge in [-0.25, -0.2) is 4.99 Å². The van der Waals surface area contributed by atoms with Crippen molar-refractivity contribution in [1.29, 1.82) is 0 Å². The van der Waals surface area contributed by atoms with Crippen LogP contribution in [0, 0.1) is 6.92 Å². The minimum atomic E-state index is 1.01. The molecule has 0 aromatic heterocycles.